The van der Waals surface area contributed by atoms with Crippen LogP contribution in [0.2, 0.25) is 0 Å². The number of fused-ring (bicyclic) bond motifs is 7. The zero-order chi connectivity index (χ0) is 29.5. The van der Waals surface area contributed by atoms with Crippen molar-refractivity contribution in [2.24, 2.45) is 0 Å². The second-order valence-corrected chi connectivity index (χ2v) is 11.9. The standard InChI is InChI=1S/C43H26N2/c1-3-13-27(14-4-1)38-29-17-7-8-18-30(29)39(28-15-5-2-6-16-28)42-34-24-25-36(31-20-11-21-33(40(31)34)41(38)42)45-35-22-10-9-19-32(35)43-37(45)23-12-26-44-43/h1-26H. The lowest BCUT2D eigenvalue weighted by Gasteiger charge is -2.20. The maximum Gasteiger partial charge on any atom is 0.0963 e. The summed E-state index contributed by atoms with van der Waals surface area (Å²) in [5, 5.41) is 6.28. The van der Waals surface area contributed by atoms with Gasteiger partial charge in [-0.1, -0.05) is 127 Å². The Kier molecular flexibility index (Phi) is 5.03. The van der Waals surface area contributed by atoms with E-state index in [-0.39, 0.29) is 0 Å². The lowest BCUT2D eigenvalue weighted by atomic mass is 9.82. The number of para-hydroxylation sites is 1. The Balaban J connectivity index is 1.39. The number of pyridine rings is 1. The molecule has 2 heterocycles. The Morgan fingerprint density at radius 1 is 0.378 bits per heavy atom. The molecule has 2 heteroatoms. The van der Waals surface area contributed by atoms with Crippen LogP contribution in [-0.4, -0.2) is 9.55 Å². The minimum atomic E-state index is 1.03. The topological polar surface area (TPSA) is 17.8 Å². The van der Waals surface area contributed by atoms with Crippen LogP contribution in [0, 0.1) is 0 Å². The molecular weight excluding hydrogens is 544 g/mol. The molecule has 0 amide bonds. The molecule has 0 radical (unpaired) electrons. The monoisotopic (exact) mass is 570 g/mol. The molecule has 0 N–H and O–H groups in total. The third kappa shape index (κ3) is 3.31. The van der Waals surface area contributed by atoms with E-state index in [9.17, 15) is 0 Å². The first kappa shape index (κ1) is 24.5. The van der Waals surface area contributed by atoms with Gasteiger partial charge in [-0.25, -0.2) is 0 Å². The lowest BCUT2D eigenvalue weighted by Crippen LogP contribution is -1.96. The highest BCUT2D eigenvalue weighted by molar-refractivity contribution is 6.28. The minimum absolute atomic E-state index is 1.03. The Morgan fingerprint density at radius 2 is 0.933 bits per heavy atom. The Morgan fingerprint density at radius 3 is 1.62 bits per heavy atom. The molecule has 1 aliphatic rings. The van der Waals surface area contributed by atoms with Gasteiger partial charge in [0.2, 0.25) is 0 Å². The van der Waals surface area contributed by atoms with E-state index in [1.807, 2.05) is 12.3 Å². The first-order chi connectivity index (χ1) is 22.4. The van der Waals surface area contributed by atoms with Gasteiger partial charge in [0.1, 0.15) is 0 Å². The number of aromatic nitrogens is 2. The van der Waals surface area contributed by atoms with E-state index in [1.54, 1.807) is 0 Å². The van der Waals surface area contributed by atoms with Gasteiger partial charge in [0.05, 0.1) is 22.2 Å². The summed E-state index contributed by atoms with van der Waals surface area (Å²) in [5.74, 6) is 0. The average Bonchev–Trinajstić information content (AvgIpc) is 3.62. The van der Waals surface area contributed by atoms with E-state index in [1.165, 1.54) is 82.6 Å². The van der Waals surface area contributed by atoms with E-state index in [0.717, 1.165) is 11.0 Å². The fourth-order valence-electron chi connectivity index (χ4n) is 7.83. The summed E-state index contributed by atoms with van der Waals surface area (Å²) >= 11 is 0. The molecule has 0 saturated heterocycles. The Bertz CT molecular complexity index is 2480. The number of hydrogen-bond acceptors (Lipinski definition) is 1. The number of rotatable bonds is 3. The van der Waals surface area contributed by atoms with Crippen molar-refractivity contribution < 1.29 is 0 Å². The van der Waals surface area contributed by atoms with Crippen molar-refractivity contribution in [2.45, 2.75) is 0 Å². The van der Waals surface area contributed by atoms with Crippen LogP contribution in [0.15, 0.2) is 158 Å². The van der Waals surface area contributed by atoms with Crippen molar-refractivity contribution in [3.05, 3.63) is 158 Å². The van der Waals surface area contributed by atoms with E-state index in [4.69, 9.17) is 4.98 Å². The smallest absolute Gasteiger partial charge is 0.0963 e. The number of benzene rings is 7. The van der Waals surface area contributed by atoms with Crippen LogP contribution < -0.4 is 0 Å². The molecule has 10 rings (SSSR count). The molecule has 0 aliphatic heterocycles. The van der Waals surface area contributed by atoms with Gasteiger partial charge in [-0.3, -0.25) is 4.98 Å². The minimum Gasteiger partial charge on any atom is -0.307 e. The van der Waals surface area contributed by atoms with Crippen LogP contribution in [0.1, 0.15) is 0 Å². The van der Waals surface area contributed by atoms with Gasteiger partial charge in [0.15, 0.2) is 0 Å². The van der Waals surface area contributed by atoms with Gasteiger partial charge in [0, 0.05) is 17.0 Å². The van der Waals surface area contributed by atoms with Crippen molar-refractivity contribution in [2.75, 3.05) is 0 Å². The largest absolute Gasteiger partial charge is 0.307 e. The summed E-state index contributed by atoms with van der Waals surface area (Å²) in [7, 11) is 0. The molecule has 7 aromatic carbocycles. The van der Waals surface area contributed by atoms with Crippen LogP contribution >= 0.6 is 0 Å². The summed E-state index contributed by atoms with van der Waals surface area (Å²) in [4.78, 5) is 4.82. The zero-order valence-electron chi connectivity index (χ0n) is 24.4. The summed E-state index contributed by atoms with van der Waals surface area (Å²) in [6.45, 7) is 0. The van der Waals surface area contributed by atoms with E-state index in [0.29, 0.717) is 0 Å². The van der Waals surface area contributed by atoms with Crippen molar-refractivity contribution >= 4 is 43.5 Å². The molecule has 0 atom stereocenters. The summed E-state index contributed by atoms with van der Waals surface area (Å²) < 4.78 is 2.40. The molecule has 0 fully saturated rings. The van der Waals surface area contributed by atoms with Crippen molar-refractivity contribution in [1.29, 1.82) is 0 Å². The zero-order valence-corrected chi connectivity index (χ0v) is 24.4. The highest BCUT2D eigenvalue weighted by Gasteiger charge is 2.31. The van der Waals surface area contributed by atoms with Gasteiger partial charge < -0.3 is 4.57 Å². The molecule has 2 aromatic heterocycles. The van der Waals surface area contributed by atoms with Gasteiger partial charge in [-0.05, 0) is 84.9 Å². The fourth-order valence-corrected chi connectivity index (χ4v) is 7.83. The van der Waals surface area contributed by atoms with E-state index < -0.39 is 0 Å². The quantitative estimate of drug-likeness (QED) is 0.207. The van der Waals surface area contributed by atoms with E-state index >= 15 is 0 Å². The highest BCUT2D eigenvalue weighted by Crippen LogP contribution is 2.58. The van der Waals surface area contributed by atoms with Gasteiger partial charge in [-0.15, -0.1) is 0 Å². The Labute approximate surface area is 260 Å². The lowest BCUT2D eigenvalue weighted by molar-refractivity contribution is 1.19. The third-order valence-electron chi connectivity index (χ3n) is 9.57. The second kappa shape index (κ2) is 9.25. The molecule has 0 unspecified atom stereocenters. The summed E-state index contributed by atoms with van der Waals surface area (Å²) in [5.41, 5.74) is 14.8. The number of hydrogen-bond donors (Lipinski definition) is 0. The number of nitrogens with zero attached hydrogens (tertiary/aromatic N) is 2. The van der Waals surface area contributed by atoms with Gasteiger partial charge >= 0.3 is 0 Å². The van der Waals surface area contributed by atoms with Crippen molar-refractivity contribution in [3.8, 4) is 50.2 Å². The first-order valence-electron chi connectivity index (χ1n) is 15.5. The summed E-state index contributed by atoms with van der Waals surface area (Å²) in [6.07, 6.45) is 1.89. The third-order valence-corrected chi connectivity index (χ3v) is 9.57. The van der Waals surface area contributed by atoms with Crippen LogP contribution in [-0.2, 0) is 0 Å². The van der Waals surface area contributed by atoms with Crippen LogP contribution in [0.25, 0.3) is 93.7 Å². The van der Waals surface area contributed by atoms with Crippen LogP contribution in [0.4, 0.5) is 0 Å². The van der Waals surface area contributed by atoms with Crippen LogP contribution in [0.3, 0.4) is 0 Å². The molecule has 0 bridgehead atoms. The Hall–Kier alpha value is -5.99. The molecule has 0 spiro atoms. The maximum absolute atomic E-state index is 4.82. The average molecular weight is 571 g/mol. The van der Waals surface area contributed by atoms with Crippen LogP contribution in [0.5, 0.6) is 0 Å². The normalized spacial score (nSPS) is 12.0. The molecule has 2 nitrogen and oxygen atoms in total. The molecule has 45 heavy (non-hydrogen) atoms. The fraction of sp³-hybridized carbons (Fsp3) is 0. The summed E-state index contributed by atoms with van der Waals surface area (Å²) in [6, 6.07) is 55.2. The van der Waals surface area contributed by atoms with Crippen molar-refractivity contribution in [1.82, 2.24) is 9.55 Å². The molecule has 208 valence electrons. The molecule has 9 aromatic rings. The van der Waals surface area contributed by atoms with Gasteiger partial charge in [0.25, 0.3) is 0 Å². The second-order valence-electron chi connectivity index (χ2n) is 11.9. The highest BCUT2D eigenvalue weighted by atomic mass is 15.0. The van der Waals surface area contributed by atoms with E-state index in [2.05, 4.69) is 150 Å². The van der Waals surface area contributed by atoms with Crippen molar-refractivity contribution in [3.63, 3.8) is 0 Å². The first-order valence-corrected chi connectivity index (χ1v) is 15.5. The van der Waals surface area contributed by atoms with Gasteiger partial charge in [-0.2, -0.15) is 0 Å². The maximum atomic E-state index is 4.82. The SMILES string of the molecule is c1ccc(-c2c3c(c(-c4ccccc4)c4ccccc24)-c2ccc(-n4c5ccccc5c5ncccc54)c4cccc-3c24)cc1. The predicted molar refractivity (Wildman–Crippen MR) is 189 cm³/mol. The molecule has 0 saturated carbocycles. The molecule has 1 aliphatic carbocycles. The molecular formula is C43H26N2. The predicted octanol–water partition coefficient (Wildman–Crippen LogP) is 11.5.